The SMILES string of the molecule is O=C(O)CC1CCCCN1C(=O)COc1ccc(Br)cc1. The van der Waals surface area contributed by atoms with Crippen LogP contribution in [0, 0.1) is 0 Å². The van der Waals surface area contributed by atoms with Gasteiger partial charge in [-0.25, -0.2) is 0 Å². The molecule has 1 atom stereocenters. The monoisotopic (exact) mass is 355 g/mol. The average Bonchev–Trinajstić information content (AvgIpc) is 2.46. The Kier molecular flexibility index (Phi) is 5.61. The first-order valence-corrected chi connectivity index (χ1v) is 7.75. The topological polar surface area (TPSA) is 66.8 Å². The number of rotatable bonds is 5. The third-order valence-corrected chi connectivity index (χ3v) is 4.06. The van der Waals surface area contributed by atoms with E-state index in [0.717, 1.165) is 23.7 Å². The molecule has 0 radical (unpaired) electrons. The largest absolute Gasteiger partial charge is 0.484 e. The molecule has 5 nitrogen and oxygen atoms in total. The van der Waals surface area contributed by atoms with Crippen LogP contribution in [0.15, 0.2) is 28.7 Å². The van der Waals surface area contributed by atoms with Crippen molar-refractivity contribution < 1.29 is 19.4 Å². The van der Waals surface area contributed by atoms with Crippen molar-refractivity contribution in [2.24, 2.45) is 0 Å². The van der Waals surface area contributed by atoms with Crippen molar-refractivity contribution in [2.45, 2.75) is 31.7 Å². The maximum Gasteiger partial charge on any atom is 0.305 e. The maximum absolute atomic E-state index is 12.2. The van der Waals surface area contributed by atoms with Crippen LogP contribution in [-0.4, -0.2) is 41.1 Å². The third kappa shape index (κ3) is 4.74. The molecule has 0 aromatic heterocycles. The Balaban J connectivity index is 1.91. The van der Waals surface area contributed by atoms with E-state index in [9.17, 15) is 9.59 Å². The molecule has 1 aliphatic heterocycles. The molecule has 2 rings (SSSR count). The van der Waals surface area contributed by atoms with Crippen molar-refractivity contribution in [3.63, 3.8) is 0 Å². The van der Waals surface area contributed by atoms with Gasteiger partial charge in [-0.05, 0) is 43.5 Å². The number of amides is 1. The highest BCUT2D eigenvalue weighted by molar-refractivity contribution is 9.10. The van der Waals surface area contributed by atoms with Crippen molar-refractivity contribution in [3.8, 4) is 5.75 Å². The molecule has 0 bridgehead atoms. The summed E-state index contributed by atoms with van der Waals surface area (Å²) in [6, 6.07) is 7.03. The number of carboxylic acids is 1. The van der Waals surface area contributed by atoms with Crippen molar-refractivity contribution in [2.75, 3.05) is 13.2 Å². The van der Waals surface area contributed by atoms with Gasteiger partial charge >= 0.3 is 5.97 Å². The molecule has 1 aromatic rings. The molecule has 1 heterocycles. The summed E-state index contributed by atoms with van der Waals surface area (Å²) in [6.07, 6.45) is 2.63. The Morgan fingerprint density at radius 3 is 2.67 bits per heavy atom. The molecular formula is C15H18BrNO4. The average molecular weight is 356 g/mol. The van der Waals surface area contributed by atoms with Gasteiger partial charge in [-0.3, -0.25) is 9.59 Å². The van der Waals surface area contributed by atoms with Gasteiger partial charge in [0.15, 0.2) is 6.61 Å². The summed E-state index contributed by atoms with van der Waals surface area (Å²) in [6.45, 7) is 0.554. The lowest BCUT2D eigenvalue weighted by Crippen LogP contribution is -2.46. The van der Waals surface area contributed by atoms with E-state index in [1.807, 2.05) is 12.1 Å². The van der Waals surface area contributed by atoms with Gasteiger partial charge in [-0.2, -0.15) is 0 Å². The number of halogens is 1. The van der Waals surface area contributed by atoms with Crippen molar-refractivity contribution in [1.29, 1.82) is 0 Å². The summed E-state index contributed by atoms with van der Waals surface area (Å²) < 4.78 is 6.41. The van der Waals surface area contributed by atoms with Crippen molar-refractivity contribution in [3.05, 3.63) is 28.7 Å². The number of carboxylic acid groups (broad SMARTS) is 1. The molecule has 1 aromatic carbocycles. The summed E-state index contributed by atoms with van der Waals surface area (Å²) in [5.41, 5.74) is 0. The summed E-state index contributed by atoms with van der Waals surface area (Å²) in [5, 5.41) is 8.93. The zero-order valence-corrected chi connectivity index (χ0v) is 13.2. The van der Waals surface area contributed by atoms with Gasteiger partial charge in [0.25, 0.3) is 5.91 Å². The molecule has 0 aliphatic carbocycles. The quantitative estimate of drug-likeness (QED) is 0.881. The van der Waals surface area contributed by atoms with E-state index in [-0.39, 0.29) is 25.0 Å². The van der Waals surface area contributed by atoms with Crippen LogP contribution in [0.1, 0.15) is 25.7 Å². The molecule has 114 valence electrons. The van der Waals surface area contributed by atoms with E-state index in [4.69, 9.17) is 9.84 Å². The third-order valence-electron chi connectivity index (χ3n) is 3.53. The number of carbonyl (C=O) groups excluding carboxylic acids is 1. The summed E-state index contributed by atoms with van der Waals surface area (Å²) in [5.74, 6) is -0.393. The maximum atomic E-state index is 12.2. The van der Waals surface area contributed by atoms with Gasteiger partial charge in [0.2, 0.25) is 0 Å². The molecule has 0 saturated carbocycles. The molecule has 0 spiro atoms. The first-order chi connectivity index (χ1) is 10.1. The number of carbonyl (C=O) groups is 2. The zero-order valence-electron chi connectivity index (χ0n) is 11.6. The van der Waals surface area contributed by atoms with Crippen LogP contribution in [0.3, 0.4) is 0 Å². The number of ether oxygens (including phenoxy) is 1. The fraction of sp³-hybridized carbons (Fsp3) is 0.467. The lowest BCUT2D eigenvalue weighted by atomic mass is 9.99. The Hall–Kier alpha value is -1.56. The predicted octanol–water partition coefficient (Wildman–Crippen LogP) is 2.68. The highest BCUT2D eigenvalue weighted by Gasteiger charge is 2.28. The van der Waals surface area contributed by atoms with Gasteiger partial charge in [-0.15, -0.1) is 0 Å². The molecule has 6 heteroatoms. The highest BCUT2D eigenvalue weighted by Crippen LogP contribution is 2.21. The van der Waals surface area contributed by atoms with E-state index in [0.29, 0.717) is 12.3 Å². The van der Waals surface area contributed by atoms with Gasteiger partial charge in [0.1, 0.15) is 5.75 Å². The number of benzene rings is 1. The second-order valence-corrected chi connectivity index (χ2v) is 5.99. The molecule has 1 saturated heterocycles. The van der Waals surface area contributed by atoms with Crippen LogP contribution in [0.5, 0.6) is 5.75 Å². The predicted molar refractivity (Wildman–Crippen MR) is 81.2 cm³/mol. The molecule has 1 N–H and O–H groups in total. The molecule has 21 heavy (non-hydrogen) atoms. The van der Waals surface area contributed by atoms with Gasteiger partial charge in [0.05, 0.1) is 6.42 Å². The van der Waals surface area contributed by atoms with Crippen LogP contribution in [-0.2, 0) is 9.59 Å². The number of hydrogen-bond acceptors (Lipinski definition) is 3. The Labute approximate surface area is 132 Å². The molecule has 1 fully saturated rings. The van der Waals surface area contributed by atoms with Crippen LogP contribution < -0.4 is 4.74 Å². The smallest absolute Gasteiger partial charge is 0.305 e. The summed E-state index contributed by atoms with van der Waals surface area (Å²) in [4.78, 5) is 24.8. The van der Waals surface area contributed by atoms with Crippen LogP contribution in [0.25, 0.3) is 0 Å². The first-order valence-electron chi connectivity index (χ1n) is 6.96. The van der Waals surface area contributed by atoms with Gasteiger partial charge in [-0.1, -0.05) is 15.9 Å². The number of piperidine rings is 1. The minimum Gasteiger partial charge on any atom is -0.484 e. The van der Waals surface area contributed by atoms with Crippen LogP contribution in [0.2, 0.25) is 0 Å². The summed E-state index contributed by atoms with van der Waals surface area (Å²) in [7, 11) is 0. The standard InChI is InChI=1S/C15H18BrNO4/c16-11-4-6-13(7-5-11)21-10-14(18)17-8-2-1-3-12(17)9-15(19)20/h4-7,12H,1-3,8-10H2,(H,19,20). The highest BCUT2D eigenvalue weighted by atomic mass is 79.9. The van der Waals surface area contributed by atoms with Crippen LogP contribution in [0.4, 0.5) is 0 Å². The van der Waals surface area contributed by atoms with E-state index in [1.165, 1.54) is 0 Å². The lowest BCUT2D eigenvalue weighted by Gasteiger charge is -2.34. The fourth-order valence-electron chi connectivity index (χ4n) is 2.50. The van der Waals surface area contributed by atoms with E-state index < -0.39 is 5.97 Å². The van der Waals surface area contributed by atoms with E-state index in [1.54, 1.807) is 17.0 Å². The zero-order chi connectivity index (χ0) is 15.2. The number of hydrogen-bond donors (Lipinski definition) is 1. The first kappa shape index (κ1) is 15.8. The number of nitrogens with zero attached hydrogens (tertiary/aromatic N) is 1. The van der Waals surface area contributed by atoms with Crippen LogP contribution >= 0.6 is 15.9 Å². The van der Waals surface area contributed by atoms with E-state index >= 15 is 0 Å². The van der Waals surface area contributed by atoms with Gasteiger partial charge < -0.3 is 14.7 Å². The second-order valence-electron chi connectivity index (χ2n) is 5.08. The summed E-state index contributed by atoms with van der Waals surface area (Å²) >= 11 is 3.33. The van der Waals surface area contributed by atoms with E-state index in [2.05, 4.69) is 15.9 Å². The molecule has 1 unspecified atom stereocenters. The number of aliphatic carboxylic acids is 1. The Morgan fingerprint density at radius 1 is 1.29 bits per heavy atom. The van der Waals surface area contributed by atoms with Gasteiger partial charge in [0, 0.05) is 17.1 Å². The lowest BCUT2D eigenvalue weighted by molar-refractivity contribution is -0.142. The minimum absolute atomic E-state index is 0.00399. The van der Waals surface area contributed by atoms with Crippen molar-refractivity contribution in [1.82, 2.24) is 4.90 Å². The Morgan fingerprint density at radius 2 is 2.00 bits per heavy atom. The second kappa shape index (κ2) is 7.45. The number of likely N-dealkylation sites (tertiary alicyclic amines) is 1. The normalized spacial score (nSPS) is 18.3. The molecule has 1 amide bonds. The van der Waals surface area contributed by atoms with Crippen molar-refractivity contribution >= 4 is 27.8 Å². The molecule has 1 aliphatic rings. The fourth-order valence-corrected chi connectivity index (χ4v) is 2.77. The Bertz CT molecular complexity index is 503. The minimum atomic E-state index is -0.867. The molecular weight excluding hydrogens is 338 g/mol.